The number of hydrogen-bond acceptors (Lipinski definition) is 2. The van der Waals surface area contributed by atoms with Crippen LogP contribution in [0.1, 0.15) is 38.7 Å². The van der Waals surface area contributed by atoms with Gasteiger partial charge < -0.3 is 10.6 Å². The third kappa shape index (κ3) is 5.69. The van der Waals surface area contributed by atoms with Crippen molar-refractivity contribution >= 4 is 17.9 Å². The van der Waals surface area contributed by atoms with Crippen molar-refractivity contribution in [2.75, 3.05) is 6.54 Å². The molecule has 2 atom stereocenters. The number of amides is 2. The summed E-state index contributed by atoms with van der Waals surface area (Å²) in [7, 11) is 0. The van der Waals surface area contributed by atoms with Gasteiger partial charge in [-0.25, -0.2) is 0 Å². The number of carbonyl (C=O) groups excluding carboxylic acids is 2. The summed E-state index contributed by atoms with van der Waals surface area (Å²) in [6, 6.07) is 9.83. The Morgan fingerprint density at radius 3 is 2.75 bits per heavy atom. The zero-order chi connectivity index (χ0) is 17.4. The lowest BCUT2D eigenvalue weighted by Gasteiger charge is -2.15. The second-order valence-corrected chi connectivity index (χ2v) is 6.24. The molecule has 0 aliphatic heterocycles. The maximum Gasteiger partial charge on any atom is 0.246 e. The fourth-order valence-corrected chi connectivity index (χ4v) is 2.98. The van der Waals surface area contributed by atoms with Crippen LogP contribution < -0.4 is 10.6 Å². The molecule has 4 heteroatoms. The van der Waals surface area contributed by atoms with E-state index < -0.39 is 0 Å². The molecule has 0 radical (unpaired) electrons. The first-order chi connectivity index (χ1) is 11.6. The predicted octanol–water partition coefficient (Wildman–Crippen LogP) is 3.07. The van der Waals surface area contributed by atoms with E-state index in [-0.39, 0.29) is 17.9 Å². The summed E-state index contributed by atoms with van der Waals surface area (Å²) in [5.41, 5.74) is 1.88. The van der Waals surface area contributed by atoms with Crippen LogP contribution in [0.2, 0.25) is 0 Å². The van der Waals surface area contributed by atoms with Gasteiger partial charge >= 0.3 is 0 Å². The van der Waals surface area contributed by atoms with Crippen LogP contribution in [0, 0.1) is 5.92 Å². The average molecular weight is 326 g/mol. The van der Waals surface area contributed by atoms with Crippen LogP contribution >= 0.6 is 0 Å². The van der Waals surface area contributed by atoms with E-state index in [1.165, 1.54) is 0 Å². The zero-order valence-electron chi connectivity index (χ0n) is 14.4. The van der Waals surface area contributed by atoms with Gasteiger partial charge in [-0.2, -0.15) is 0 Å². The molecule has 1 aliphatic rings. The molecule has 4 nitrogen and oxygen atoms in total. The largest absolute Gasteiger partial charge is 0.353 e. The van der Waals surface area contributed by atoms with Gasteiger partial charge in [0, 0.05) is 24.2 Å². The summed E-state index contributed by atoms with van der Waals surface area (Å²) in [5.74, 6) is 0.316. The van der Waals surface area contributed by atoms with E-state index in [4.69, 9.17) is 0 Å². The fourth-order valence-electron chi connectivity index (χ4n) is 2.98. The van der Waals surface area contributed by atoms with Crippen molar-refractivity contribution in [2.45, 2.75) is 39.2 Å². The molecule has 0 heterocycles. The normalized spacial score (nSPS) is 18.2. The third-order valence-electron chi connectivity index (χ3n) is 4.12. The molecule has 1 aliphatic carbocycles. The summed E-state index contributed by atoms with van der Waals surface area (Å²) in [6.07, 6.45) is 8.10. The number of carbonyl (C=O) groups is 2. The van der Waals surface area contributed by atoms with Crippen LogP contribution in [-0.4, -0.2) is 24.4 Å². The lowest BCUT2D eigenvalue weighted by atomic mass is 10.0. The van der Waals surface area contributed by atoms with Crippen molar-refractivity contribution in [3.05, 3.63) is 53.6 Å². The minimum Gasteiger partial charge on any atom is -0.353 e. The van der Waals surface area contributed by atoms with Gasteiger partial charge in [-0.1, -0.05) is 36.4 Å². The van der Waals surface area contributed by atoms with Gasteiger partial charge in [-0.05, 0) is 50.7 Å². The minimum absolute atomic E-state index is 0.0440. The van der Waals surface area contributed by atoms with E-state index in [0.29, 0.717) is 12.5 Å². The standard InChI is InChI=1S/C20H26N2O2/c1-3-21-20(24)18-11-9-17(14-18)13-15(2)22-19(23)12-10-16-7-5-4-6-8-16/h4-8,10,12,14-15,17H,3,9,11,13H2,1-2H3,(H,21,24)(H,22,23)/b12-10+. The molecule has 1 aromatic carbocycles. The maximum absolute atomic E-state index is 12.0. The molecule has 0 fully saturated rings. The van der Waals surface area contributed by atoms with E-state index in [1.54, 1.807) is 6.08 Å². The zero-order valence-corrected chi connectivity index (χ0v) is 14.4. The minimum atomic E-state index is -0.0859. The van der Waals surface area contributed by atoms with Crippen molar-refractivity contribution in [3.63, 3.8) is 0 Å². The van der Waals surface area contributed by atoms with Crippen LogP contribution in [0.25, 0.3) is 6.08 Å². The van der Waals surface area contributed by atoms with Gasteiger partial charge in [0.2, 0.25) is 11.8 Å². The molecular formula is C20H26N2O2. The molecule has 24 heavy (non-hydrogen) atoms. The molecule has 2 rings (SSSR count). The molecule has 2 unspecified atom stereocenters. The topological polar surface area (TPSA) is 58.2 Å². The maximum atomic E-state index is 12.0. The third-order valence-corrected chi connectivity index (χ3v) is 4.12. The Balaban J connectivity index is 1.79. The number of allylic oxidation sites excluding steroid dienone is 1. The number of nitrogens with one attached hydrogen (secondary N) is 2. The Hall–Kier alpha value is -2.36. The summed E-state index contributed by atoms with van der Waals surface area (Å²) in [6.45, 7) is 4.58. The van der Waals surface area contributed by atoms with Crippen molar-refractivity contribution in [2.24, 2.45) is 5.92 Å². The van der Waals surface area contributed by atoms with Crippen LogP contribution in [0.4, 0.5) is 0 Å². The fraction of sp³-hybridized carbons (Fsp3) is 0.400. The average Bonchev–Trinajstić information content (AvgIpc) is 3.02. The molecule has 2 amide bonds. The molecule has 0 spiro atoms. The first kappa shape index (κ1) is 18.0. The van der Waals surface area contributed by atoms with Crippen LogP contribution in [0.15, 0.2) is 48.1 Å². The Bertz CT molecular complexity index is 620. The van der Waals surface area contributed by atoms with Crippen LogP contribution in [-0.2, 0) is 9.59 Å². The van der Waals surface area contributed by atoms with Gasteiger partial charge in [0.1, 0.15) is 0 Å². The first-order valence-corrected chi connectivity index (χ1v) is 8.61. The SMILES string of the molecule is CCNC(=O)C1=CC(CC(C)NC(=O)/C=C/c2ccccc2)CC1. The van der Waals surface area contributed by atoms with Gasteiger partial charge in [0.05, 0.1) is 0 Å². The summed E-state index contributed by atoms with van der Waals surface area (Å²) in [4.78, 5) is 23.8. The number of rotatable bonds is 7. The number of likely N-dealkylation sites (N-methyl/N-ethyl adjacent to an activating group) is 1. The van der Waals surface area contributed by atoms with Crippen LogP contribution in [0.3, 0.4) is 0 Å². The van der Waals surface area contributed by atoms with Gasteiger partial charge in [-0.15, -0.1) is 0 Å². The lowest BCUT2D eigenvalue weighted by molar-refractivity contribution is -0.118. The summed E-state index contributed by atoms with van der Waals surface area (Å²) < 4.78 is 0. The molecule has 0 bridgehead atoms. The Labute approximate surface area is 144 Å². The predicted molar refractivity (Wildman–Crippen MR) is 97.2 cm³/mol. The molecule has 2 N–H and O–H groups in total. The number of hydrogen-bond donors (Lipinski definition) is 2. The highest BCUT2D eigenvalue weighted by Crippen LogP contribution is 2.27. The highest BCUT2D eigenvalue weighted by atomic mass is 16.2. The second kappa shape index (κ2) is 9.06. The van der Waals surface area contributed by atoms with Crippen molar-refractivity contribution < 1.29 is 9.59 Å². The second-order valence-electron chi connectivity index (χ2n) is 6.24. The number of benzene rings is 1. The van der Waals surface area contributed by atoms with E-state index in [2.05, 4.69) is 16.7 Å². The smallest absolute Gasteiger partial charge is 0.246 e. The Morgan fingerprint density at radius 2 is 2.04 bits per heavy atom. The summed E-state index contributed by atoms with van der Waals surface area (Å²) >= 11 is 0. The van der Waals surface area contributed by atoms with Crippen molar-refractivity contribution in [1.82, 2.24) is 10.6 Å². The van der Waals surface area contributed by atoms with E-state index in [0.717, 1.165) is 30.4 Å². The van der Waals surface area contributed by atoms with E-state index in [9.17, 15) is 9.59 Å². The van der Waals surface area contributed by atoms with Crippen molar-refractivity contribution in [3.8, 4) is 0 Å². The van der Waals surface area contributed by atoms with Crippen molar-refractivity contribution in [1.29, 1.82) is 0 Å². The Morgan fingerprint density at radius 1 is 1.29 bits per heavy atom. The molecule has 0 saturated heterocycles. The van der Waals surface area contributed by atoms with Gasteiger partial charge in [0.25, 0.3) is 0 Å². The van der Waals surface area contributed by atoms with E-state index in [1.807, 2.05) is 50.3 Å². The molecule has 1 aromatic rings. The molecular weight excluding hydrogens is 300 g/mol. The molecule has 0 saturated carbocycles. The molecule has 0 aromatic heterocycles. The van der Waals surface area contributed by atoms with Gasteiger partial charge in [0.15, 0.2) is 0 Å². The van der Waals surface area contributed by atoms with E-state index >= 15 is 0 Å². The Kier molecular flexibility index (Phi) is 6.79. The van der Waals surface area contributed by atoms with Gasteiger partial charge in [-0.3, -0.25) is 9.59 Å². The quantitative estimate of drug-likeness (QED) is 0.757. The lowest BCUT2D eigenvalue weighted by Crippen LogP contribution is -2.32. The highest BCUT2D eigenvalue weighted by molar-refractivity contribution is 5.94. The highest BCUT2D eigenvalue weighted by Gasteiger charge is 2.22. The monoisotopic (exact) mass is 326 g/mol. The first-order valence-electron chi connectivity index (χ1n) is 8.61. The molecule has 128 valence electrons. The summed E-state index contributed by atoms with van der Waals surface area (Å²) in [5, 5.41) is 5.83. The van der Waals surface area contributed by atoms with Crippen LogP contribution in [0.5, 0.6) is 0 Å².